The third-order valence-electron chi connectivity index (χ3n) is 5.38. The third-order valence-corrected chi connectivity index (χ3v) is 7.30. The molecule has 0 radical (unpaired) electrons. The van der Waals surface area contributed by atoms with Crippen LogP contribution in [0.2, 0.25) is 0 Å². The molecule has 9 heteroatoms. The zero-order valence-corrected chi connectivity index (χ0v) is 19.3. The van der Waals surface area contributed by atoms with Gasteiger partial charge in [-0.2, -0.15) is 4.31 Å². The van der Waals surface area contributed by atoms with Crippen LogP contribution in [0.5, 0.6) is 5.75 Å². The Morgan fingerprint density at radius 3 is 2.55 bits per heavy atom. The standard InChI is InChI=1S/C22H32N4O4S/c1-17(2)16-25-13-10-23-21(25)15-24-22(27)18-8-9-19(30-3)20(14-18)31(28,29)26-11-6-4-5-7-12-26/h8-10,13-14,17H,4-7,11-12,15-16H2,1-3H3,(H,24,27). The molecule has 1 saturated heterocycles. The highest BCUT2D eigenvalue weighted by Crippen LogP contribution is 2.29. The molecule has 31 heavy (non-hydrogen) atoms. The summed E-state index contributed by atoms with van der Waals surface area (Å²) in [6.07, 6.45) is 7.33. The van der Waals surface area contributed by atoms with E-state index in [1.807, 2.05) is 10.8 Å². The lowest BCUT2D eigenvalue weighted by molar-refractivity contribution is 0.0949. The van der Waals surface area contributed by atoms with Gasteiger partial charge < -0.3 is 14.6 Å². The summed E-state index contributed by atoms with van der Waals surface area (Å²) >= 11 is 0. The summed E-state index contributed by atoms with van der Waals surface area (Å²) in [6, 6.07) is 4.53. The van der Waals surface area contributed by atoms with Crippen LogP contribution in [0.1, 0.15) is 55.7 Å². The number of carbonyl (C=O) groups excluding carboxylic acids is 1. The van der Waals surface area contributed by atoms with Gasteiger partial charge in [-0.3, -0.25) is 4.79 Å². The molecule has 3 rings (SSSR count). The van der Waals surface area contributed by atoms with E-state index in [-0.39, 0.29) is 28.7 Å². The minimum absolute atomic E-state index is 0.0332. The molecular weight excluding hydrogens is 416 g/mol. The SMILES string of the molecule is COc1ccc(C(=O)NCc2nccn2CC(C)C)cc1S(=O)(=O)N1CCCCCC1. The number of ether oxygens (including phenoxy) is 1. The van der Waals surface area contributed by atoms with Crippen LogP contribution >= 0.6 is 0 Å². The maximum absolute atomic E-state index is 13.3. The number of nitrogens with one attached hydrogen (secondary N) is 1. The Morgan fingerprint density at radius 1 is 1.19 bits per heavy atom. The number of carbonyl (C=O) groups is 1. The molecule has 0 bridgehead atoms. The summed E-state index contributed by atoms with van der Waals surface area (Å²) in [5.74, 6) is 1.10. The zero-order valence-electron chi connectivity index (χ0n) is 18.5. The first kappa shape index (κ1) is 23.3. The quantitative estimate of drug-likeness (QED) is 0.670. The maximum atomic E-state index is 13.3. The van der Waals surface area contributed by atoms with Crippen LogP contribution in [0.25, 0.3) is 0 Å². The molecule has 0 spiro atoms. The second-order valence-corrected chi connectivity index (χ2v) is 10.2. The van der Waals surface area contributed by atoms with Gasteiger partial charge in [0.25, 0.3) is 5.91 Å². The monoisotopic (exact) mass is 448 g/mol. The molecule has 1 aliphatic rings. The van der Waals surface area contributed by atoms with Gasteiger partial charge in [0, 0.05) is 37.6 Å². The van der Waals surface area contributed by atoms with E-state index >= 15 is 0 Å². The van der Waals surface area contributed by atoms with Gasteiger partial charge in [0.2, 0.25) is 10.0 Å². The zero-order chi connectivity index (χ0) is 22.4. The van der Waals surface area contributed by atoms with Crippen molar-refractivity contribution in [3.63, 3.8) is 0 Å². The maximum Gasteiger partial charge on any atom is 0.251 e. The van der Waals surface area contributed by atoms with E-state index in [2.05, 4.69) is 24.1 Å². The van der Waals surface area contributed by atoms with Crippen LogP contribution in [0.15, 0.2) is 35.5 Å². The number of hydrogen-bond donors (Lipinski definition) is 1. The number of sulfonamides is 1. The van der Waals surface area contributed by atoms with Crippen LogP contribution in [0.3, 0.4) is 0 Å². The molecule has 1 aromatic carbocycles. The van der Waals surface area contributed by atoms with Gasteiger partial charge in [-0.15, -0.1) is 0 Å². The summed E-state index contributed by atoms with van der Waals surface area (Å²) < 4.78 is 35.4. The average molecular weight is 449 g/mol. The Hall–Kier alpha value is -2.39. The summed E-state index contributed by atoms with van der Waals surface area (Å²) in [7, 11) is -2.32. The van der Waals surface area contributed by atoms with Crippen molar-refractivity contribution >= 4 is 15.9 Å². The van der Waals surface area contributed by atoms with E-state index in [4.69, 9.17) is 4.74 Å². The van der Waals surface area contributed by atoms with Gasteiger partial charge in [0.05, 0.1) is 13.7 Å². The molecule has 1 fully saturated rings. The highest BCUT2D eigenvalue weighted by atomic mass is 32.2. The minimum Gasteiger partial charge on any atom is -0.495 e. The lowest BCUT2D eigenvalue weighted by atomic mass is 10.2. The molecule has 0 atom stereocenters. The van der Waals surface area contributed by atoms with Gasteiger partial charge in [-0.05, 0) is 37.0 Å². The molecule has 2 heterocycles. The fraction of sp³-hybridized carbons (Fsp3) is 0.545. The molecule has 0 unspecified atom stereocenters. The number of amides is 1. The molecule has 1 amide bonds. The molecule has 0 saturated carbocycles. The molecule has 1 aliphatic heterocycles. The van der Waals surface area contributed by atoms with E-state index in [0.29, 0.717) is 19.0 Å². The van der Waals surface area contributed by atoms with Crippen molar-refractivity contribution in [3.8, 4) is 5.75 Å². The van der Waals surface area contributed by atoms with Crippen LogP contribution < -0.4 is 10.1 Å². The number of rotatable bonds is 8. The first-order chi connectivity index (χ1) is 14.8. The fourth-order valence-electron chi connectivity index (χ4n) is 3.77. The molecular formula is C22H32N4O4S. The van der Waals surface area contributed by atoms with Crippen molar-refractivity contribution in [1.29, 1.82) is 0 Å². The lowest BCUT2D eigenvalue weighted by Crippen LogP contribution is -2.32. The molecule has 2 aromatic rings. The minimum atomic E-state index is -3.75. The second-order valence-electron chi connectivity index (χ2n) is 8.26. The highest BCUT2D eigenvalue weighted by molar-refractivity contribution is 7.89. The molecule has 8 nitrogen and oxygen atoms in total. The van der Waals surface area contributed by atoms with Crippen LogP contribution in [0, 0.1) is 5.92 Å². The predicted octanol–water partition coefficient (Wildman–Crippen LogP) is 3.04. The number of nitrogens with zero attached hydrogens (tertiary/aromatic N) is 3. The van der Waals surface area contributed by atoms with E-state index in [9.17, 15) is 13.2 Å². The Labute approximate surface area is 184 Å². The number of benzene rings is 1. The topological polar surface area (TPSA) is 93.5 Å². The number of aromatic nitrogens is 2. The first-order valence-electron chi connectivity index (χ1n) is 10.8. The van der Waals surface area contributed by atoms with Crippen molar-refractivity contribution in [2.45, 2.75) is 57.5 Å². The number of hydrogen-bond acceptors (Lipinski definition) is 5. The van der Waals surface area contributed by atoms with E-state index in [1.165, 1.54) is 17.5 Å². The second kappa shape index (κ2) is 10.3. The van der Waals surface area contributed by atoms with Gasteiger partial charge in [0.15, 0.2) is 0 Å². The summed E-state index contributed by atoms with van der Waals surface area (Å²) in [5.41, 5.74) is 0.274. The van der Waals surface area contributed by atoms with Crippen molar-refractivity contribution in [2.24, 2.45) is 5.92 Å². The van der Waals surface area contributed by atoms with Crippen LogP contribution in [-0.2, 0) is 23.1 Å². The first-order valence-corrected chi connectivity index (χ1v) is 12.2. The van der Waals surface area contributed by atoms with E-state index in [0.717, 1.165) is 38.1 Å². The summed E-state index contributed by atoms with van der Waals surface area (Å²) in [5, 5.41) is 2.85. The Kier molecular flexibility index (Phi) is 7.72. The fourth-order valence-corrected chi connectivity index (χ4v) is 5.47. The van der Waals surface area contributed by atoms with Gasteiger partial charge in [0.1, 0.15) is 16.5 Å². The Balaban J connectivity index is 1.79. The van der Waals surface area contributed by atoms with Crippen LogP contribution in [0.4, 0.5) is 0 Å². The van der Waals surface area contributed by atoms with Gasteiger partial charge in [-0.1, -0.05) is 26.7 Å². The average Bonchev–Trinajstić information content (AvgIpc) is 2.99. The Morgan fingerprint density at radius 2 is 1.90 bits per heavy atom. The van der Waals surface area contributed by atoms with Crippen molar-refractivity contribution in [3.05, 3.63) is 42.0 Å². The molecule has 1 N–H and O–H groups in total. The van der Waals surface area contributed by atoms with E-state index in [1.54, 1.807) is 18.3 Å². The van der Waals surface area contributed by atoms with Crippen molar-refractivity contribution in [1.82, 2.24) is 19.2 Å². The van der Waals surface area contributed by atoms with Crippen molar-refractivity contribution < 1.29 is 17.9 Å². The van der Waals surface area contributed by atoms with Crippen molar-refractivity contribution in [2.75, 3.05) is 20.2 Å². The predicted molar refractivity (Wildman–Crippen MR) is 118 cm³/mol. The highest BCUT2D eigenvalue weighted by Gasteiger charge is 2.29. The normalized spacial score (nSPS) is 15.6. The molecule has 0 aliphatic carbocycles. The number of imidazole rings is 1. The smallest absolute Gasteiger partial charge is 0.251 e. The van der Waals surface area contributed by atoms with E-state index < -0.39 is 10.0 Å². The largest absolute Gasteiger partial charge is 0.495 e. The Bertz CT molecular complexity index is 993. The van der Waals surface area contributed by atoms with Gasteiger partial charge >= 0.3 is 0 Å². The number of methoxy groups -OCH3 is 1. The summed E-state index contributed by atoms with van der Waals surface area (Å²) in [6.45, 7) is 6.28. The summed E-state index contributed by atoms with van der Waals surface area (Å²) in [4.78, 5) is 17.1. The molecule has 170 valence electrons. The third kappa shape index (κ3) is 5.65. The van der Waals surface area contributed by atoms with Crippen LogP contribution in [-0.4, -0.2) is 48.4 Å². The molecule has 1 aromatic heterocycles. The van der Waals surface area contributed by atoms with Gasteiger partial charge in [-0.25, -0.2) is 13.4 Å². The lowest BCUT2D eigenvalue weighted by Gasteiger charge is -2.21.